The van der Waals surface area contributed by atoms with Crippen LogP contribution >= 0.6 is 0 Å². The quantitative estimate of drug-likeness (QED) is 0.499. The molecule has 0 atom stereocenters. The van der Waals surface area contributed by atoms with E-state index in [9.17, 15) is 0 Å². The first-order valence-corrected chi connectivity index (χ1v) is 5.67. The molecule has 1 rings (SSSR count). The number of nitrogens with zero attached hydrogens (tertiary/aromatic N) is 1. The van der Waals surface area contributed by atoms with Gasteiger partial charge in [-0.05, 0) is 17.7 Å². The maximum Gasteiger partial charge on any atom is 0.0372 e. The van der Waals surface area contributed by atoms with Crippen LogP contribution in [0.4, 0.5) is 5.69 Å². The van der Waals surface area contributed by atoms with Crippen LogP contribution in [0.2, 0.25) is 0 Å². The number of benzene rings is 1. The molecule has 1 aromatic rings. The highest BCUT2D eigenvalue weighted by Crippen LogP contribution is 2.16. The third-order valence-corrected chi connectivity index (χ3v) is 2.38. The van der Waals surface area contributed by atoms with Crippen LogP contribution in [0.1, 0.15) is 5.56 Å². The van der Waals surface area contributed by atoms with Crippen molar-refractivity contribution >= 4 is 11.8 Å². The lowest BCUT2D eigenvalue weighted by Crippen LogP contribution is -2.22. The van der Waals surface area contributed by atoms with E-state index in [2.05, 4.69) is 48.9 Å². The van der Waals surface area contributed by atoms with Crippen molar-refractivity contribution in [1.82, 2.24) is 0 Å². The Kier molecular flexibility index (Phi) is 5.59. The van der Waals surface area contributed by atoms with Crippen LogP contribution in [-0.4, -0.2) is 13.1 Å². The molecular formula is C16H19N. The SMILES string of the molecule is C=CC=Cc1ccc(N(CC=C)CC=C)cc1. The van der Waals surface area contributed by atoms with E-state index < -0.39 is 0 Å². The third kappa shape index (κ3) is 4.15. The molecular weight excluding hydrogens is 206 g/mol. The summed E-state index contributed by atoms with van der Waals surface area (Å²) in [6, 6.07) is 8.40. The van der Waals surface area contributed by atoms with Crippen molar-refractivity contribution < 1.29 is 0 Å². The molecule has 0 radical (unpaired) electrons. The highest BCUT2D eigenvalue weighted by molar-refractivity contribution is 5.57. The van der Waals surface area contributed by atoms with Crippen LogP contribution in [0.5, 0.6) is 0 Å². The van der Waals surface area contributed by atoms with Crippen LogP contribution < -0.4 is 4.90 Å². The van der Waals surface area contributed by atoms with Crippen molar-refractivity contribution in [2.45, 2.75) is 0 Å². The lowest BCUT2D eigenvalue weighted by molar-refractivity contribution is 0.957. The minimum Gasteiger partial charge on any atom is -0.364 e. The van der Waals surface area contributed by atoms with Gasteiger partial charge in [-0.3, -0.25) is 0 Å². The lowest BCUT2D eigenvalue weighted by Gasteiger charge is -2.21. The second kappa shape index (κ2) is 7.29. The Morgan fingerprint density at radius 1 is 0.941 bits per heavy atom. The normalized spacial score (nSPS) is 10.1. The van der Waals surface area contributed by atoms with Gasteiger partial charge in [0.15, 0.2) is 0 Å². The maximum absolute atomic E-state index is 3.77. The minimum absolute atomic E-state index is 0.827. The van der Waals surface area contributed by atoms with Crippen molar-refractivity contribution in [3.63, 3.8) is 0 Å². The predicted octanol–water partition coefficient (Wildman–Crippen LogP) is 4.06. The van der Waals surface area contributed by atoms with Crippen molar-refractivity contribution in [2.75, 3.05) is 18.0 Å². The summed E-state index contributed by atoms with van der Waals surface area (Å²) in [4.78, 5) is 2.21. The Balaban J connectivity index is 2.82. The van der Waals surface area contributed by atoms with Gasteiger partial charge in [-0.2, -0.15) is 0 Å². The van der Waals surface area contributed by atoms with E-state index in [0.29, 0.717) is 0 Å². The fraction of sp³-hybridized carbons (Fsp3) is 0.125. The summed E-state index contributed by atoms with van der Waals surface area (Å²) in [7, 11) is 0. The fourth-order valence-corrected chi connectivity index (χ4v) is 1.57. The molecule has 88 valence electrons. The van der Waals surface area contributed by atoms with Gasteiger partial charge in [-0.1, -0.05) is 49.1 Å². The molecule has 17 heavy (non-hydrogen) atoms. The van der Waals surface area contributed by atoms with Crippen LogP contribution in [0.25, 0.3) is 6.08 Å². The fourth-order valence-electron chi connectivity index (χ4n) is 1.57. The van der Waals surface area contributed by atoms with E-state index in [1.54, 1.807) is 6.08 Å². The van der Waals surface area contributed by atoms with Gasteiger partial charge in [-0.25, -0.2) is 0 Å². The summed E-state index contributed by atoms with van der Waals surface area (Å²) in [6.45, 7) is 12.8. The summed E-state index contributed by atoms with van der Waals surface area (Å²) < 4.78 is 0. The highest BCUT2D eigenvalue weighted by atomic mass is 15.1. The number of allylic oxidation sites excluding steroid dienone is 2. The first kappa shape index (κ1) is 13.0. The molecule has 0 unspecified atom stereocenters. The van der Waals surface area contributed by atoms with Gasteiger partial charge in [0.1, 0.15) is 0 Å². The topological polar surface area (TPSA) is 3.24 Å². The molecule has 0 aromatic heterocycles. The van der Waals surface area contributed by atoms with Gasteiger partial charge < -0.3 is 4.90 Å². The smallest absolute Gasteiger partial charge is 0.0372 e. The van der Waals surface area contributed by atoms with Gasteiger partial charge in [0.25, 0.3) is 0 Å². The van der Waals surface area contributed by atoms with Crippen LogP contribution in [-0.2, 0) is 0 Å². The number of anilines is 1. The van der Waals surface area contributed by atoms with Crippen molar-refractivity contribution in [3.05, 3.63) is 73.9 Å². The lowest BCUT2D eigenvalue weighted by atomic mass is 10.2. The average molecular weight is 225 g/mol. The molecule has 0 saturated heterocycles. The van der Waals surface area contributed by atoms with Gasteiger partial charge in [0, 0.05) is 18.8 Å². The monoisotopic (exact) mass is 225 g/mol. The standard InChI is InChI=1S/C16H19N/c1-4-7-8-15-9-11-16(12-10-15)17(13-5-2)14-6-3/h4-12H,1-3,13-14H2. The Labute approximate surface area is 104 Å². The molecule has 0 heterocycles. The second-order valence-electron chi connectivity index (χ2n) is 3.67. The Bertz CT molecular complexity index is 388. The zero-order chi connectivity index (χ0) is 12.5. The molecule has 0 aliphatic heterocycles. The van der Waals surface area contributed by atoms with Crippen LogP contribution in [0, 0.1) is 0 Å². The highest BCUT2D eigenvalue weighted by Gasteiger charge is 2.01. The summed E-state index contributed by atoms with van der Waals surface area (Å²) in [5.74, 6) is 0. The average Bonchev–Trinajstić information content (AvgIpc) is 2.37. The first-order valence-electron chi connectivity index (χ1n) is 5.67. The summed E-state index contributed by atoms with van der Waals surface area (Å²) in [5.41, 5.74) is 2.35. The van der Waals surface area contributed by atoms with E-state index in [-0.39, 0.29) is 0 Å². The van der Waals surface area contributed by atoms with E-state index in [1.807, 2.05) is 24.3 Å². The molecule has 1 nitrogen and oxygen atoms in total. The van der Waals surface area contributed by atoms with Gasteiger partial charge in [0.05, 0.1) is 0 Å². The van der Waals surface area contributed by atoms with Gasteiger partial charge in [0.2, 0.25) is 0 Å². The van der Waals surface area contributed by atoms with Crippen LogP contribution in [0.15, 0.2) is 68.3 Å². The van der Waals surface area contributed by atoms with Crippen molar-refractivity contribution in [2.24, 2.45) is 0 Å². The van der Waals surface area contributed by atoms with Crippen molar-refractivity contribution in [3.8, 4) is 0 Å². The largest absolute Gasteiger partial charge is 0.364 e. The molecule has 0 N–H and O–H groups in total. The van der Waals surface area contributed by atoms with Gasteiger partial charge >= 0.3 is 0 Å². The Morgan fingerprint density at radius 3 is 2.00 bits per heavy atom. The van der Waals surface area contributed by atoms with E-state index in [4.69, 9.17) is 0 Å². The molecule has 0 amide bonds. The molecule has 0 aliphatic carbocycles. The molecule has 0 bridgehead atoms. The number of rotatable bonds is 7. The third-order valence-electron chi connectivity index (χ3n) is 2.38. The number of hydrogen-bond acceptors (Lipinski definition) is 1. The molecule has 0 aliphatic rings. The minimum atomic E-state index is 0.827. The van der Waals surface area contributed by atoms with Gasteiger partial charge in [-0.15, -0.1) is 13.2 Å². The summed E-state index contributed by atoms with van der Waals surface area (Å²) in [6.07, 6.45) is 9.53. The first-order chi connectivity index (χ1) is 8.31. The Hall–Kier alpha value is -2.02. The summed E-state index contributed by atoms with van der Waals surface area (Å²) in [5, 5.41) is 0. The summed E-state index contributed by atoms with van der Waals surface area (Å²) >= 11 is 0. The van der Waals surface area contributed by atoms with Crippen molar-refractivity contribution in [1.29, 1.82) is 0 Å². The second-order valence-corrected chi connectivity index (χ2v) is 3.67. The molecule has 0 spiro atoms. The Morgan fingerprint density at radius 2 is 1.53 bits per heavy atom. The predicted molar refractivity (Wildman–Crippen MR) is 78.3 cm³/mol. The van der Waals surface area contributed by atoms with E-state index >= 15 is 0 Å². The number of hydrogen-bond donors (Lipinski definition) is 0. The molecule has 0 saturated carbocycles. The zero-order valence-electron chi connectivity index (χ0n) is 10.2. The molecule has 1 aromatic carbocycles. The van der Waals surface area contributed by atoms with Crippen LogP contribution in [0.3, 0.4) is 0 Å². The molecule has 0 fully saturated rings. The van der Waals surface area contributed by atoms with E-state index in [1.165, 1.54) is 11.3 Å². The zero-order valence-corrected chi connectivity index (χ0v) is 10.2. The molecule has 1 heteroatoms. The maximum atomic E-state index is 3.77. The van der Waals surface area contributed by atoms with E-state index in [0.717, 1.165) is 13.1 Å².